The average Bonchev–Trinajstić information content (AvgIpc) is 2.92. The molecule has 2 heterocycles. The van der Waals surface area contributed by atoms with E-state index >= 15 is 0 Å². The van der Waals surface area contributed by atoms with E-state index in [4.69, 9.17) is 5.11 Å². The highest BCUT2D eigenvalue weighted by Crippen LogP contribution is 2.24. The highest BCUT2D eigenvalue weighted by molar-refractivity contribution is 5.94. The molecule has 1 fully saturated rings. The topological polar surface area (TPSA) is 95.7 Å². The number of likely N-dealkylation sites (tertiary alicyclic amines) is 1. The van der Waals surface area contributed by atoms with Gasteiger partial charge in [-0.05, 0) is 37.6 Å². The number of hydrogen-bond acceptors (Lipinski definition) is 4. The van der Waals surface area contributed by atoms with Crippen LogP contribution in [0.1, 0.15) is 40.2 Å². The molecule has 0 saturated carbocycles. The maximum atomic E-state index is 12.7. The molecule has 0 bridgehead atoms. The monoisotopic (exact) mass is 357 g/mol. The average molecular weight is 357 g/mol. The number of carbonyl (C=O) groups is 2. The molecule has 138 valence electrons. The van der Waals surface area contributed by atoms with Gasteiger partial charge in [-0.2, -0.15) is 5.10 Å². The van der Waals surface area contributed by atoms with Gasteiger partial charge in [-0.1, -0.05) is 12.1 Å². The van der Waals surface area contributed by atoms with Crippen LogP contribution in [0.5, 0.6) is 0 Å². The van der Waals surface area contributed by atoms with Crippen LogP contribution >= 0.6 is 0 Å². The van der Waals surface area contributed by atoms with Crippen LogP contribution in [-0.4, -0.2) is 55.5 Å². The molecule has 3 rings (SSSR count). The van der Waals surface area contributed by atoms with Crippen molar-refractivity contribution in [3.63, 3.8) is 0 Å². The number of hydrogen-bond donors (Lipinski definition) is 2. The second-order valence-electron chi connectivity index (χ2n) is 6.91. The Hall–Kier alpha value is -2.67. The van der Waals surface area contributed by atoms with Gasteiger partial charge in [0.15, 0.2) is 5.60 Å². The summed E-state index contributed by atoms with van der Waals surface area (Å²) in [6.45, 7) is 4.97. The molecule has 0 spiro atoms. The predicted octanol–water partition coefficient (Wildman–Crippen LogP) is 1.60. The molecule has 26 heavy (non-hydrogen) atoms. The van der Waals surface area contributed by atoms with Crippen molar-refractivity contribution < 1.29 is 19.8 Å². The first kappa shape index (κ1) is 18.1. The first-order valence-corrected chi connectivity index (χ1v) is 8.63. The molecule has 0 radical (unpaired) electrons. The van der Waals surface area contributed by atoms with Gasteiger partial charge in [0, 0.05) is 37.2 Å². The largest absolute Gasteiger partial charge is 0.479 e. The number of aliphatic carboxylic acids is 1. The third kappa shape index (κ3) is 3.62. The lowest BCUT2D eigenvalue weighted by Crippen LogP contribution is -2.50. The van der Waals surface area contributed by atoms with E-state index in [1.165, 1.54) is 0 Å². The molecule has 7 nitrogen and oxygen atoms in total. The van der Waals surface area contributed by atoms with Gasteiger partial charge in [0.2, 0.25) is 0 Å². The zero-order valence-corrected chi connectivity index (χ0v) is 15.0. The zero-order chi connectivity index (χ0) is 18.9. The number of nitrogens with zero attached hydrogens (tertiary/aromatic N) is 3. The summed E-state index contributed by atoms with van der Waals surface area (Å²) in [6, 6.07) is 9.40. The van der Waals surface area contributed by atoms with Crippen LogP contribution < -0.4 is 0 Å². The van der Waals surface area contributed by atoms with Gasteiger partial charge in [-0.25, -0.2) is 4.79 Å². The van der Waals surface area contributed by atoms with E-state index in [2.05, 4.69) is 5.10 Å². The maximum Gasteiger partial charge on any atom is 0.335 e. The summed E-state index contributed by atoms with van der Waals surface area (Å²) in [7, 11) is 0. The van der Waals surface area contributed by atoms with Crippen LogP contribution in [-0.2, 0) is 11.3 Å². The molecule has 1 aliphatic heterocycles. The van der Waals surface area contributed by atoms with Crippen molar-refractivity contribution in [1.29, 1.82) is 0 Å². The number of aromatic nitrogens is 2. The Morgan fingerprint density at radius 1 is 1.19 bits per heavy atom. The first-order valence-electron chi connectivity index (χ1n) is 8.63. The first-order chi connectivity index (χ1) is 12.3. The van der Waals surface area contributed by atoms with E-state index in [1.54, 1.807) is 11.0 Å². The Kier molecular flexibility index (Phi) is 4.82. The number of benzene rings is 1. The summed E-state index contributed by atoms with van der Waals surface area (Å²) < 4.78 is 1.90. The van der Waals surface area contributed by atoms with Crippen molar-refractivity contribution in [3.8, 4) is 0 Å². The van der Waals surface area contributed by atoms with E-state index in [0.717, 1.165) is 17.0 Å². The number of rotatable bonds is 4. The zero-order valence-electron chi connectivity index (χ0n) is 15.0. The maximum absolute atomic E-state index is 12.7. The number of aliphatic hydroxyl groups is 1. The van der Waals surface area contributed by atoms with E-state index in [0.29, 0.717) is 12.1 Å². The fraction of sp³-hybridized carbons (Fsp3) is 0.421. The number of amides is 1. The second kappa shape index (κ2) is 6.92. The quantitative estimate of drug-likeness (QED) is 0.866. The van der Waals surface area contributed by atoms with Crippen LogP contribution in [0.3, 0.4) is 0 Å². The SMILES string of the molecule is Cc1cc(C)n(Cc2cccc(C(=O)N3CCC(O)(C(=O)O)CC3)c2)n1. The highest BCUT2D eigenvalue weighted by atomic mass is 16.4. The van der Waals surface area contributed by atoms with Crippen LogP contribution in [0.25, 0.3) is 0 Å². The number of piperidine rings is 1. The number of carboxylic acids is 1. The Morgan fingerprint density at radius 2 is 1.88 bits per heavy atom. The summed E-state index contributed by atoms with van der Waals surface area (Å²) in [5.74, 6) is -1.37. The Bertz CT molecular complexity index is 835. The smallest absolute Gasteiger partial charge is 0.335 e. The lowest BCUT2D eigenvalue weighted by Gasteiger charge is -2.35. The molecule has 1 saturated heterocycles. The van der Waals surface area contributed by atoms with Gasteiger partial charge in [-0.15, -0.1) is 0 Å². The Labute approximate surface area is 151 Å². The third-order valence-corrected chi connectivity index (χ3v) is 4.89. The van der Waals surface area contributed by atoms with Crippen molar-refractivity contribution in [3.05, 3.63) is 52.8 Å². The van der Waals surface area contributed by atoms with Crippen molar-refractivity contribution >= 4 is 11.9 Å². The van der Waals surface area contributed by atoms with Crippen LogP contribution in [0.2, 0.25) is 0 Å². The summed E-state index contributed by atoms with van der Waals surface area (Å²) in [5.41, 5.74) is 1.82. The minimum absolute atomic E-state index is 0.0412. The lowest BCUT2D eigenvalue weighted by molar-refractivity contribution is -0.162. The molecule has 2 aromatic rings. The van der Waals surface area contributed by atoms with Gasteiger partial charge in [0.1, 0.15) is 0 Å². The van der Waals surface area contributed by atoms with Crippen molar-refractivity contribution in [2.75, 3.05) is 13.1 Å². The van der Waals surface area contributed by atoms with E-state index in [1.807, 2.05) is 42.8 Å². The predicted molar refractivity (Wildman–Crippen MR) is 95.0 cm³/mol. The van der Waals surface area contributed by atoms with Gasteiger partial charge in [0.25, 0.3) is 5.91 Å². The number of carbonyl (C=O) groups excluding carboxylic acids is 1. The van der Waals surface area contributed by atoms with Gasteiger partial charge >= 0.3 is 5.97 Å². The summed E-state index contributed by atoms with van der Waals surface area (Å²) in [4.78, 5) is 25.4. The lowest BCUT2D eigenvalue weighted by atomic mass is 9.91. The minimum Gasteiger partial charge on any atom is -0.479 e. The molecule has 1 aliphatic rings. The standard InChI is InChI=1S/C19H23N3O4/c1-13-10-14(2)22(20-13)12-15-4-3-5-16(11-15)17(23)21-8-6-19(26,7-9-21)18(24)25/h3-5,10-11,26H,6-9,12H2,1-2H3,(H,24,25). The minimum atomic E-state index is -1.73. The fourth-order valence-corrected chi connectivity index (χ4v) is 3.29. The molecule has 0 aliphatic carbocycles. The van der Waals surface area contributed by atoms with E-state index in [-0.39, 0.29) is 31.8 Å². The van der Waals surface area contributed by atoms with Crippen molar-refractivity contribution in [1.82, 2.24) is 14.7 Å². The van der Waals surface area contributed by atoms with Gasteiger partial charge < -0.3 is 15.1 Å². The molecule has 0 unspecified atom stereocenters. The Morgan fingerprint density at radius 3 is 2.46 bits per heavy atom. The van der Waals surface area contributed by atoms with Gasteiger partial charge in [-0.3, -0.25) is 9.48 Å². The fourth-order valence-electron chi connectivity index (χ4n) is 3.29. The summed E-state index contributed by atoms with van der Waals surface area (Å²) in [5, 5.41) is 23.5. The van der Waals surface area contributed by atoms with Crippen molar-refractivity contribution in [2.24, 2.45) is 0 Å². The number of aryl methyl sites for hydroxylation is 2. The van der Waals surface area contributed by atoms with Crippen molar-refractivity contribution in [2.45, 2.75) is 38.8 Å². The molecular weight excluding hydrogens is 334 g/mol. The Balaban J connectivity index is 1.71. The van der Waals surface area contributed by atoms with Gasteiger partial charge in [0.05, 0.1) is 12.2 Å². The van der Waals surface area contributed by atoms with E-state index < -0.39 is 11.6 Å². The number of carboxylic acid groups (broad SMARTS) is 1. The summed E-state index contributed by atoms with van der Waals surface area (Å²) in [6.07, 6.45) is 0.0824. The molecule has 1 aromatic carbocycles. The molecule has 1 amide bonds. The van der Waals surface area contributed by atoms with Crippen LogP contribution in [0, 0.1) is 13.8 Å². The molecule has 1 aromatic heterocycles. The normalized spacial score (nSPS) is 16.5. The summed E-state index contributed by atoms with van der Waals surface area (Å²) >= 11 is 0. The second-order valence-corrected chi connectivity index (χ2v) is 6.91. The third-order valence-electron chi connectivity index (χ3n) is 4.89. The molecule has 7 heteroatoms. The highest BCUT2D eigenvalue weighted by Gasteiger charge is 2.40. The molecule has 0 atom stereocenters. The molecule has 2 N–H and O–H groups in total. The van der Waals surface area contributed by atoms with Crippen LogP contribution in [0.15, 0.2) is 30.3 Å². The van der Waals surface area contributed by atoms with E-state index in [9.17, 15) is 14.7 Å². The molecular formula is C19H23N3O4. The van der Waals surface area contributed by atoms with Crippen LogP contribution in [0.4, 0.5) is 0 Å².